The lowest BCUT2D eigenvalue weighted by atomic mass is 10.1. The average Bonchev–Trinajstić information content (AvgIpc) is 2.90. The third kappa shape index (κ3) is 3.96. The minimum Gasteiger partial charge on any atom is -0.367 e. The van der Waals surface area contributed by atoms with Crippen molar-refractivity contribution in [2.45, 2.75) is 39.7 Å². The van der Waals surface area contributed by atoms with Crippen LogP contribution in [0.3, 0.4) is 0 Å². The monoisotopic (exact) mass is 346 g/mol. The number of H-pyrrole nitrogens is 1. The molecule has 8 heteroatoms. The van der Waals surface area contributed by atoms with E-state index < -0.39 is 6.10 Å². The largest absolute Gasteiger partial charge is 0.367 e. The van der Waals surface area contributed by atoms with Crippen molar-refractivity contribution in [3.8, 4) is 0 Å². The van der Waals surface area contributed by atoms with Gasteiger partial charge in [0.05, 0.1) is 18.8 Å². The van der Waals surface area contributed by atoms with E-state index in [1.54, 1.807) is 11.8 Å². The number of hydrogen-bond acceptors (Lipinski definition) is 6. The smallest absolute Gasteiger partial charge is 0.251 e. The van der Waals surface area contributed by atoms with Crippen LogP contribution in [0, 0.1) is 20.8 Å². The van der Waals surface area contributed by atoms with Gasteiger partial charge in [-0.25, -0.2) is 4.98 Å². The third-order valence-corrected chi connectivity index (χ3v) is 4.38. The minimum absolute atomic E-state index is 0.0447. The summed E-state index contributed by atoms with van der Waals surface area (Å²) in [7, 11) is 0. The van der Waals surface area contributed by atoms with Crippen LogP contribution in [0.25, 0.3) is 0 Å². The molecule has 0 aromatic carbocycles. The molecule has 25 heavy (non-hydrogen) atoms. The van der Waals surface area contributed by atoms with Crippen LogP contribution in [0.15, 0.2) is 15.4 Å². The molecule has 0 radical (unpaired) electrons. The Bertz CT molecular complexity index is 807. The van der Waals surface area contributed by atoms with Crippen LogP contribution >= 0.6 is 0 Å². The second-order valence-corrected chi connectivity index (χ2v) is 6.27. The summed E-state index contributed by atoms with van der Waals surface area (Å²) in [5, 5.41) is 3.91. The Morgan fingerprint density at radius 3 is 2.88 bits per heavy atom. The highest BCUT2D eigenvalue weighted by molar-refractivity contribution is 5.76. The number of morpholine rings is 1. The number of nitrogens with one attached hydrogen (secondary N) is 1. The van der Waals surface area contributed by atoms with E-state index in [2.05, 4.69) is 15.1 Å². The first-order valence-corrected chi connectivity index (χ1v) is 8.33. The number of nitrogens with zero attached hydrogens (tertiary/aromatic N) is 3. The highest BCUT2D eigenvalue weighted by Crippen LogP contribution is 2.20. The predicted molar refractivity (Wildman–Crippen MR) is 89.2 cm³/mol. The van der Waals surface area contributed by atoms with Crippen LogP contribution in [-0.2, 0) is 16.0 Å². The SMILES string of the molecule is Cc1cc(=O)[nH]c(C2CN(C(=O)CCc3c(C)noc3C)CCO2)n1. The fourth-order valence-electron chi connectivity index (χ4n) is 3.04. The Hall–Kier alpha value is -2.48. The molecule has 1 atom stereocenters. The van der Waals surface area contributed by atoms with Crippen molar-refractivity contribution in [3.63, 3.8) is 0 Å². The maximum atomic E-state index is 12.6. The Kier molecular flexibility index (Phi) is 4.98. The topological polar surface area (TPSA) is 101 Å². The molecular weight excluding hydrogens is 324 g/mol. The fourth-order valence-corrected chi connectivity index (χ4v) is 3.04. The van der Waals surface area contributed by atoms with Gasteiger partial charge in [0.25, 0.3) is 5.56 Å². The lowest BCUT2D eigenvalue weighted by molar-refractivity contribution is -0.139. The molecular formula is C17H22N4O4. The van der Waals surface area contributed by atoms with Crippen LogP contribution in [0.4, 0.5) is 0 Å². The standard InChI is InChI=1S/C17H22N4O4/c1-10-8-15(22)19-17(18-10)14-9-21(6-7-24-14)16(23)5-4-13-11(2)20-25-12(13)3/h8,14H,4-7,9H2,1-3H3,(H,18,19,22). The first kappa shape index (κ1) is 17.3. The van der Waals surface area contributed by atoms with Crippen molar-refractivity contribution in [3.05, 3.63) is 45.0 Å². The predicted octanol–water partition coefficient (Wildman–Crippen LogP) is 1.22. The summed E-state index contributed by atoms with van der Waals surface area (Å²) < 4.78 is 10.8. The zero-order valence-corrected chi connectivity index (χ0v) is 14.7. The molecule has 1 aliphatic heterocycles. The van der Waals surface area contributed by atoms with Gasteiger partial charge in [0.15, 0.2) is 0 Å². The first-order chi connectivity index (χ1) is 11.9. The summed E-state index contributed by atoms with van der Waals surface area (Å²) in [6, 6.07) is 1.43. The molecule has 1 saturated heterocycles. The number of aryl methyl sites for hydroxylation is 3. The normalized spacial score (nSPS) is 17.7. The van der Waals surface area contributed by atoms with Gasteiger partial charge in [-0.2, -0.15) is 0 Å². The number of amides is 1. The van der Waals surface area contributed by atoms with Crippen molar-refractivity contribution in [1.29, 1.82) is 0 Å². The summed E-state index contributed by atoms with van der Waals surface area (Å²) in [4.78, 5) is 33.0. The highest BCUT2D eigenvalue weighted by Gasteiger charge is 2.27. The zero-order valence-electron chi connectivity index (χ0n) is 14.7. The van der Waals surface area contributed by atoms with E-state index in [9.17, 15) is 9.59 Å². The number of carbonyl (C=O) groups excluding carboxylic acids is 1. The van der Waals surface area contributed by atoms with Crippen molar-refractivity contribution in [2.75, 3.05) is 19.7 Å². The Balaban J connectivity index is 1.64. The van der Waals surface area contributed by atoms with Crippen LogP contribution in [0.5, 0.6) is 0 Å². The van der Waals surface area contributed by atoms with Gasteiger partial charge in [0, 0.05) is 30.3 Å². The average molecular weight is 346 g/mol. The van der Waals surface area contributed by atoms with E-state index >= 15 is 0 Å². The number of aromatic nitrogens is 3. The second-order valence-electron chi connectivity index (χ2n) is 6.27. The van der Waals surface area contributed by atoms with Crippen molar-refractivity contribution >= 4 is 5.91 Å². The van der Waals surface area contributed by atoms with E-state index in [0.29, 0.717) is 44.1 Å². The molecule has 0 spiro atoms. The first-order valence-electron chi connectivity index (χ1n) is 8.33. The number of hydrogen-bond donors (Lipinski definition) is 1. The molecule has 2 aromatic heterocycles. The Morgan fingerprint density at radius 2 is 2.20 bits per heavy atom. The lowest BCUT2D eigenvalue weighted by Crippen LogP contribution is -2.43. The molecule has 3 heterocycles. The molecule has 2 aromatic rings. The molecule has 1 amide bonds. The lowest BCUT2D eigenvalue weighted by Gasteiger charge is -2.32. The zero-order chi connectivity index (χ0) is 18.0. The Labute approximate surface area is 145 Å². The van der Waals surface area contributed by atoms with Gasteiger partial charge in [0.1, 0.15) is 17.7 Å². The second kappa shape index (κ2) is 7.18. The molecule has 1 N–H and O–H groups in total. The molecule has 3 rings (SSSR count). The summed E-state index contributed by atoms with van der Waals surface area (Å²) >= 11 is 0. The maximum absolute atomic E-state index is 12.6. The Morgan fingerprint density at radius 1 is 1.40 bits per heavy atom. The van der Waals surface area contributed by atoms with Crippen molar-refractivity contribution in [2.24, 2.45) is 0 Å². The van der Waals surface area contributed by atoms with Crippen molar-refractivity contribution < 1.29 is 14.1 Å². The maximum Gasteiger partial charge on any atom is 0.251 e. The van der Waals surface area contributed by atoms with E-state index in [1.165, 1.54) is 6.07 Å². The van der Waals surface area contributed by atoms with E-state index in [0.717, 1.165) is 17.0 Å². The van der Waals surface area contributed by atoms with Crippen LogP contribution in [0.2, 0.25) is 0 Å². The number of ether oxygens (including phenoxy) is 1. The summed E-state index contributed by atoms with van der Waals surface area (Å²) in [6.07, 6.45) is 0.568. The van der Waals surface area contributed by atoms with E-state index in [-0.39, 0.29) is 11.5 Å². The van der Waals surface area contributed by atoms with Gasteiger partial charge >= 0.3 is 0 Å². The number of rotatable bonds is 4. The molecule has 134 valence electrons. The van der Waals surface area contributed by atoms with Gasteiger partial charge in [-0.3, -0.25) is 9.59 Å². The fraction of sp³-hybridized carbons (Fsp3) is 0.529. The van der Waals surface area contributed by atoms with Gasteiger partial charge in [-0.05, 0) is 27.2 Å². The summed E-state index contributed by atoms with van der Waals surface area (Å²) in [5.74, 6) is 1.27. The van der Waals surface area contributed by atoms with Gasteiger partial charge in [0.2, 0.25) is 5.91 Å². The molecule has 0 saturated carbocycles. The molecule has 1 fully saturated rings. The van der Waals surface area contributed by atoms with Gasteiger partial charge < -0.3 is 19.1 Å². The van der Waals surface area contributed by atoms with E-state index in [1.807, 2.05) is 13.8 Å². The molecule has 0 bridgehead atoms. The molecule has 8 nitrogen and oxygen atoms in total. The molecule has 1 unspecified atom stereocenters. The van der Waals surface area contributed by atoms with Crippen molar-refractivity contribution in [1.82, 2.24) is 20.0 Å². The molecule has 1 aliphatic rings. The molecule has 0 aliphatic carbocycles. The summed E-state index contributed by atoms with van der Waals surface area (Å²) in [5.41, 5.74) is 2.23. The van der Waals surface area contributed by atoms with Gasteiger partial charge in [-0.15, -0.1) is 0 Å². The number of aromatic amines is 1. The van der Waals surface area contributed by atoms with Crippen LogP contribution < -0.4 is 5.56 Å². The minimum atomic E-state index is -0.413. The van der Waals surface area contributed by atoms with Crippen LogP contribution in [-0.4, -0.2) is 45.6 Å². The highest BCUT2D eigenvalue weighted by atomic mass is 16.5. The number of carbonyl (C=O) groups is 1. The quantitative estimate of drug-likeness (QED) is 0.893. The van der Waals surface area contributed by atoms with Crippen LogP contribution in [0.1, 0.15) is 41.1 Å². The third-order valence-electron chi connectivity index (χ3n) is 4.38. The van der Waals surface area contributed by atoms with E-state index in [4.69, 9.17) is 9.26 Å². The van der Waals surface area contributed by atoms with Gasteiger partial charge in [-0.1, -0.05) is 5.16 Å². The summed E-state index contributed by atoms with van der Waals surface area (Å²) in [6.45, 7) is 6.82.